The van der Waals surface area contributed by atoms with Crippen molar-refractivity contribution >= 4 is 29.5 Å². The maximum Gasteiger partial charge on any atom is 0.217 e. The third-order valence-electron chi connectivity index (χ3n) is 5.00. The average molecular weight is 439 g/mol. The summed E-state index contributed by atoms with van der Waals surface area (Å²) in [5.74, 6) is 4.61. The lowest BCUT2D eigenvalue weighted by Crippen LogP contribution is -2.17. The molecule has 3 aromatic rings. The predicted octanol–water partition coefficient (Wildman–Crippen LogP) is 5.86. The lowest BCUT2D eigenvalue weighted by atomic mass is 10.2. The molecule has 0 unspecified atom stereocenters. The van der Waals surface area contributed by atoms with Crippen LogP contribution in [0.2, 0.25) is 0 Å². The van der Waals surface area contributed by atoms with Crippen LogP contribution in [0.15, 0.2) is 91.0 Å². The van der Waals surface area contributed by atoms with Gasteiger partial charge in [0.05, 0.1) is 13.3 Å². The molecule has 0 saturated carbocycles. The zero-order chi connectivity index (χ0) is 21.2. The molecule has 0 atom stereocenters. The summed E-state index contributed by atoms with van der Waals surface area (Å²) in [7, 11) is -1.12. The van der Waals surface area contributed by atoms with Gasteiger partial charge < -0.3 is 4.52 Å². The molecule has 156 valence electrons. The Morgan fingerprint density at radius 2 is 1.30 bits per heavy atom. The molecule has 0 amide bonds. The molecule has 0 spiro atoms. The Morgan fingerprint density at radius 3 is 1.87 bits per heavy atom. The van der Waals surface area contributed by atoms with Gasteiger partial charge in [-0.15, -0.1) is 0 Å². The second kappa shape index (κ2) is 11.3. The van der Waals surface area contributed by atoms with E-state index in [-0.39, 0.29) is 0 Å². The van der Waals surface area contributed by atoms with Gasteiger partial charge in [0.1, 0.15) is 16.8 Å². The number of Topliss-reactive ketones (excluding diaryl/α,β-unsaturated/α-hetero) is 1. The SMILES string of the molecule is C[P+](C)(Oc1ccccc1)c1ccccc1.O=C(C[S+]1CCCC1)c1ccccc1. The summed E-state index contributed by atoms with van der Waals surface area (Å²) < 4.78 is 6.10. The topological polar surface area (TPSA) is 26.3 Å². The number of carbonyl (C=O) groups is 1. The largest absolute Gasteiger partial charge is 0.346 e. The van der Waals surface area contributed by atoms with E-state index in [1.807, 2.05) is 66.7 Å². The summed E-state index contributed by atoms with van der Waals surface area (Å²) in [6.45, 7) is 4.38. The first-order chi connectivity index (χ1) is 14.5. The zero-order valence-electron chi connectivity index (χ0n) is 17.9. The Bertz CT molecular complexity index is 892. The van der Waals surface area contributed by atoms with Gasteiger partial charge in [0.25, 0.3) is 0 Å². The molecule has 2 nitrogen and oxygen atoms in total. The van der Waals surface area contributed by atoms with E-state index in [1.54, 1.807) is 0 Å². The highest BCUT2D eigenvalue weighted by atomic mass is 32.2. The highest BCUT2D eigenvalue weighted by molar-refractivity contribution is 7.97. The van der Waals surface area contributed by atoms with E-state index in [1.165, 1.54) is 29.7 Å². The van der Waals surface area contributed by atoms with Crippen LogP contribution in [0.1, 0.15) is 23.2 Å². The summed E-state index contributed by atoms with van der Waals surface area (Å²) in [5.41, 5.74) is 0.881. The van der Waals surface area contributed by atoms with Gasteiger partial charge in [0, 0.05) is 5.56 Å². The third kappa shape index (κ3) is 7.00. The van der Waals surface area contributed by atoms with E-state index in [0.29, 0.717) is 16.7 Å². The summed E-state index contributed by atoms with van der Waals surface area (Å²) in [5, 5.41) is 1.29. The van der Waals surface area contributed by atoms with Gasteiger partial charge in [-0.1, -0.05) is 66.7 Å². The lowest BCUT2D eigenvalue weighted by molar-refractivity contribution is 0.102. The highest BCUT2D eigenvalue weighted by Gasteiger charge is 2.31. The Morgan fingerprint density at radius 1 is 0.800 bits per heavy atom. The molecule has 30 heavy (non-hydrogen) atoms. The normalized spacial score (nSPS) is 13.9. The number of ketones is 1. The van der Waals surface area contributed by atoms with Crippen molar-refractivity contribution in [3.8, 4) is 5.75 Å². The van der Waals surface area contributed by atoms with Crippen molar-refractivity contribution in [2.24, 2.45) is 0 Å². The van der Waals surface area contributed by atoms with E-state index < -0.39 is 7.49 Å². The fraction of sp³-hybridized carbons (Fsp3) is 0.269. The first-order valence-corrected chi connectivity index (χ1v) is 14.7. The van der Waals surface area contributed by atoms with E-state index >= 15 is 0 Å². The average Bonchev–Trinajstić information content (AvgIpc) is 3.29. The number of hydrogen-bond acceptors (Lipinski definition) is 2. The minimum Gasteiger partial charge on any atom is -0.346 e. The maximum atomic E-state index is 11.8. The van der Waals surface area contributed by atoms with Crippen LogP contribution in [-0.2, 0) is 10.9 Å². The quantitative estimate of drug-likeness (QED) is 0.274. The second-order valence-electron chi connectivity index (χ2n) is 7.75. The molecule has 1 heterocycles. The highest BCUT2D eigenvalue weighted by Crippen LogP contribution is 2.50. The van der Waals surface area contributed by atoms with Crippen molar-refractivity contribution in [3.05, 3.63) is 96.6 Å². The van der Waals surface area contributed by atoms with Crippen LogP contribution in [0.5, 0.6) is 5.75 Å². The van der Waals surface area contributed by atoms with Crippen LogP contribution in [0.4, 0.5) is 0 Å². The van der Waals surface area contributed by atoms with Crippen molar-refractivity contribution in [2.75, 3.05) is 30.6 Å². The Kier molecular flexibility index (Phi) is 8.54. The summed E-state index contributed by atoms with van der Waals surface area (Å²) in [6, 6.07) is 30.1. The van der Waals surface area contributed by atoms with Gasteiger partial charge in [-0.25, -0.2) is 0 Å². The monoisotopic (exact) mass is 438 g/mol. The van der Waals surface area contributed by atoms with Crippen molar-refractivity contribution in [1.29, 1.82) is 0 Å². The van der Waals surface area contributed by atoms with Crippen LogP contribution in [-0.4, -0.2) is 36.4 Å². The van der Waals surface area contributed by atoms with Crippen LogP contribution in [0.25, 0.3) is 0 Å². The fourth-order valence-corrected chi connectivity index (χ4v) is 7.24. The Hall–Kier alpha value is -2.09. The number of hydrogen-bond donors (Lipinski definition) is 0. The molecule has 1 fully saturated rings. The minimum absolute atomic E-state index is 0.329. The molecule has 0 radical (unpaired) electrons. The van der Waals surface area contributed by atoms with Crippen LogP contribution in [0, 0.1) is 0 Å². The Labute approximate surface area is 184 Å². The standard InChI is InChI=1S/C14H16OP.C12H15OS/c1-16(2,14-11-7-4-8-12-14)15-13-9-5-3-6-10-13;13-12(10-14-8-4-5-9-14)11-6-2-1-3-7-11/h3-12H,1-2H3;1-3,6-7H,4-5,8-10H2/q2*+1. The summed E-state index contributed by atoms with van der Waals surface area (Å²) in [6.07, 6.45) is 2.65. The molecular formula is C26H31O2PS+2. The van der Waals surface area contributed by atoms with Gasteiger partial charge in [-0.3, -0.25) is 4.79 Å². The number of para-hydroxylation sites is 1. The first-order valence-electron chi connectivity index (χ1n) is 10.4. The van der Waals surface area contributed by atoms with Gasteiger partial charge in [0.2, 0.25) is 13.3 Å². The molecule has 1 aliphatic heterocycles. The molecule has 4 heteroatoms. The maximum absolute atomic E-state index is 11.8. The minimum atomic E-state index is -1.52. The van der Waals surface area contributed by atoms with Crippen molar-refractivity contribution in [1.82, 2.24) is 0 Å². The first kappa shape index (κ1) is 22.6. The Balaban J connectivity index is 0.000000172. The zero-order valence-corrected chi connectivity index (χ0v) is 19.6. The molecule has 0 aromatic heterocycles. The van der Waals surface area contributed by atoms with E-state index in [0.717, 1.165) is 17.1 Å². The van der Waals surface area contributed by atoms with Gasteiger partial charge in [-0.2, -0.15) is 0 Å². The van der Waals surface area contributed by atoms with Crippen LogP contribution >= 0.6 is 7.49 Å². The van der Waals surface area contributed by atoms with Crippen LogP contribution in [0.3, 0.4) is 0 Å². The predicted molar refractivity (Wildman–Crippen MR) is 134 cm³/mol. The molecular weight excluding hydrogens is 407 g/mol. The molecule has 0 bridgehead atoms. The van der Waals surface area contributed by atoms with Crippen molar-refractivity contribution in [3.63, 3.8) is 0 Å². The smallest absolute Gasteiger partial charge is 0.217 e. The van der Waals surface area contributed by atoms with Gasteiger partial charge in [-0.05, 0) is 48.0 Å². The molecule has 3 aromatic carbocycles. The number of rotatable bonds is 6. The lowest BCUT2D eigenvalue weighted by Gasteiger charge is -2.17. The van der Waals surface area contributed by atoms with Crippen molar-refractivity contribution < 1.29 is 9.32 Å². The third-order valence-corrected chi connectivity index (χ3v) is 9.61. The van der Waals surface area contributed by atoms with Gasteiger partial charge in [0.15, 0.2) is 11.5 Å². The van der Waals surface area contributed by atoms with Gasteiger partial charge >= 0.3 is 0 Å². The van der Waals surface area contributed by atoms with E-state index in [4.69, 9.17) is 4.52 Å². The molecule has 4 rings (SSSR count). The fourth-order valence-electron chi connectivity index (χ4n) is 3.34. The van der Waals surface area contributed by atoms with E-state index in [2.05, 4.69) is 37.6 Å². The second-order valence-corrected chi connectivity index (χ2v) is 13.5. The van der Waals surface area contributed by atoms with Crippen LogP contribution < -0.4 is 9.83 Å². The molecule has 1 aliphatic rings. The summed E-state index contributed by atoms with van der Waals surface area (Å²) in [4.78, 5) is 11.8. The summed E-state index contributed by atoms with van der Waals surface area (Å²) >= 11 is 0. The number of benzene rings is 3. The molecule has 0 aliphatic carbocycles. The molecule has 1 saturated heterocycles. The van der Waals surface area contributed by atoms with E-state index in [9.17, 15) is 4.79 Å². The number of carbonyl (C=O) groups excluding carboxylic acids is 1. The molecule has 0 N–H and O–H groups in total. The van der Waals surface area contributed by atoms with Crippen molar-refractivity contribution in [2.45, 2.75) is 12.8 Å².